The summed E-state index contributed by atoms with van der Waals surface area (Å²) in [4.78, 5) is 8.00. The van der Waals surface area contributed by atoms with Gasteiger partial charge in [-0.1, -0.05) is 0 Å². The molecular formula is C20H28F2N6O3. The van der Waals surface area contributed by atoms with Crippen molar-refractivity contribution < 1.29 is 23.4 Å². The second-order valence-corrected chi connectivity index (χ2v) is 8.73. The molecule has 3 aliphatic rings. The molecule has 31 heavy (non-hydrogen) atoms. The Morgan fingerprint density at radius 1 is 1.26 bits per heavy atom. The molecule has 11 heteroatoms. The Labute approximate surface area is 178 Å². The van der Waals surface area contributed by atoms with Crippen LogP contribution in [-0.4, -0.2) is 99.6 Å². The van der Waals surface area contributed by atoms with E-state index in [1.54, 1.807) is 9.42 Å². The van der Waals surface area contributed by atoms with Crippen molar-refractivity contribution >= 4 is 11.3 Å². The molecule has 0 unspecified atom stereocenters. The normalized spacial score (nSPS) is 32.2. The number of morpholine rings is 1. The molecule has 3 saturated heterocycles. The number of anilines is 1. The first-order chi connectivity index (χ1) is 14.9. The number of rotatable bonds is 5. The van der Waals surface area contributed by atoms with Crippen LogP contribution in [0.15, 0.2) is 18.5 Å². The molecule has 3 aliphatic heterocycles. The van der Waals surface area contributed by atoms with Crippen molar-refractivity contribution in [2.24, 2.45) is 0 Å². The van der Waals surface area contributed by atoms with Crippen LogP contribution in [0.2, 0.25) is 0 Å². The number of likely N-dealkylation sites (tertiary alicyclic amines) is 1. The van der Waals surface area contributed by atoms with Gasteiger partial charge in [-0.3, -0.25) is 9.80 Å². The highest BCUT2D eigenvalue weighted by atomic mass is 19.3. The molecule has 9 nitrogen and oxygen atoms in total. The molecule has 0 bridgehead atoms. The molecule has 0 aromatic carbocycles. The van der Waals surface area contributed by atoms with E-state index in [9.17, 15) is 13.9 Å². The molecule has 5 rings (SSSR count). The van der Waals surface area contributed by atoms with Gasteiger partial charge in [0.05, 0.1) is 37.7 Å². The molecule has 0 aliphatic carbocycles. The molecule has 5 heterocycles. The maximum absolute atomic E-state index is 13.6. The third-order valence-electron chi connectivity index (χ3n) is 6.55. The van der Waals surface area contributed by atoms with Gasteiger partial charge in [-0.2, -0.15) is 5.10 Å². The predicted octanol–water partition coefficient (Wildman–Crippen LogP) is 0.544. The topological polar surface area (TPSA) is 101 Å². The minimum atomic E-state index is -2.61. The van der Waals surface area contributed by atoms with Crippen molar-refractivity contribution in [3.8, 4) is 0 Å². The molecule has 2 aromatic rings. The van der Waals surface area contributed by atoms with Crippen LogP contribution in [0.4, 0.5) is 14.6 Å². The summed E-state index contributed by atoms with van der Waals surface area (Å²) in [6, 6.07) is 3.74. The summed E-state index contributed by atoms with van der Waals surface area (Å²) in [6.45, 7) is 3.01. The van der Waals surface area contributed by atoms with Crippen LogP contribution in [0.25, 0.3) is 5.52 Å². The SMILES string of the molecule is Nc1ncnn2c([C@H]3C[C@H](O)[C@@H](CN4CCOC[C@H]4CN4CCC(F)(F)C4)O3)ccc12. The lowest BCUT2D eigenvalue weighted by Crippen LogP contribution is -2.54. The van der Waals surface area contributed by atoms with Gasteiger partial charge in [0.15, 0.2) is 5.82 Å². The quantitative estimate of drug-likeness (QED) is 0.698. The highest BCUT2D eigenvalue weighted by Gasteiger charge is 2.41. The van der Waals surface area contributed by atoms with E-state index in [1.807, 2.05) is 12.1 Å². The van der Waals surface area contributed by atoms with E-state index in [2.05, 4.69) is 15.0 Å². The molecule has 0 amide bonds. The number of alkyl halides is 2. The Kier molecular flexibility index (Phi) is 5.55. The van der Waals surface area contributed by atoms with Crippen LogP contribution < -0.4 is 5.73 Å². The van der Waals surface area contributed by atoms with Crippen molar-refractivity contribution in [3.05, 3.63) is 24.2 Å². The van der Waals surface area contributed by atoms with Crippen molar-refractivity contribution in [1.29, 1.82) is 0 Å². The number of aliphatic hydroxyl groups is 1. The second-order valence-electron chi connectivity index (χ2n) is 8.73. The number of halogens is 2. The number of hydrogen-bond donors (Lipinski definition) is 2. The Hall–Kier alpha value is -1.92. The first-order valence-electron chi connectivity index (χ1n) is 10.7. The fourth-order valence-electron chi connectivity index (χ4n) is 4.89. The molecule has 4 atom stereocenters. The number of hydrogen-bond acceptors (Lipinski definition) is 8. The molecule has 170 valence electrons. The van der Waals surface area contributed by atoms with Crippen LogP contribution >= 0.6 is 0 Å². The lowest BCUT2D eigenvalue weighted by Gasteiger charge is -2.39. The van der Waals surface area contributed by atoms with Crippen LogP contribution in [0, 0.1) is 0 Å². The first-order valence-corrected chi connectivity index (χ1v) is 10.7. The van der Waals surface area contributed by atoms with E-state index in [-0.39, 0.29) is 31.2 Å². The molecular weight excluding hydrogens is 410 g/mol. The van der Waals surface area contributed by atoms with Gasteiger partial charge in [-0.25, -0.2) is 18.3 Å². The van der Waals surface area contributed by atoms with E-state index in [0.29, 0.717) is 57.1 Å². The number of ether oxygens (including phenoxy) is 2. The number of nitrogens with zero attached hydrogens (tertiary/aromatic N) is 5. The van der Waals surface area contributed by atoms with Crippen LogP contribution in [0.1, 0.15) is 24.6 Å². The molecule has 0 radical (unpaired) electrons. The van der Waals surface area contributed by atoms with Gasteiger partial charge >= 0.3 is 0 Å². The minimum Gasteiger partial charge on any atom is -0.390 e. The molecule has 3 N–H and O–H groups in total. The fourth-order valence-corrected chi connectivity index (χ4v) is 4.89. The van der Waals surface area contributed by atoms with Crippen LogP contribution in [-0.2, 0) is 9.47 Å². The number of aromatic nitrogens is 3. The van der Waals surface area contributed by atoms with Gasteiger partial charge in [0.25, 0.3) is 5.92 Å². The highest BCUT2D eigenvalue weighted by Crippen LogP contribution is 2.35. The molecule has 0 saturated carbocycles. The summed E-state index contributed by atoms with van der Waals surface area (Å²) < 4.78 is 40.7. The number of nitrogens with two attached hydrogens (primary N) is 1. The maximum Gasteiger partial charge on any atom is 0.261 e. The van der Waals surface area contributed by atoms with Crippen molar-refractivity contribution in [2.75, 3.05) is 51.7 Å². The average Bonchev–Trinajstić information content (AvgIpc) is 3.41. The highest BCUT2D eigenvalue weighted by molar-refractivity contribution is 5.65. The van der Waals surface area contributed by atoms with Gasteiger partial charge in [-0.05, 0) is 12.1 Å². The lowest BCUT2D eigenvalue weighted by atomic mass is 10.1. The second kappa shape index (κ2) is 8.21. The Morgan fingerprint density at radius 3 is 2.94 bits per heavy atom. The van der Waals surface area contributed by atoms with Crippen LogP contribution in [0.3, 0.4) is 0 Å². The summed E-state index contributed by atoms with van der Waals surface area (Å²) in [5.41, 5.74) is 7.44. The van der Waals surface area contributed by atoms with E-state index >= 15 is 0 Å². The Morgan fingerprint density at radius 2 is 2.13 bits per heavy atom. The van der Waals surface area contributed by atoms with E-state index < -0.39 is 12.0 Å². The van der Waals surface area contributed by atoms with Gasteiger partial charge in [0.2, 0.25) is 0 Å². The zero-order chi connectivity index (χ0) is 21.6. The van der Waals surface area contributed by atoms with Gasteiger partial charge < -0.3 is 20.3 Å². The summed E-state index contributed by atoms with van der Waals surface area (Å²) >= 11 is 0. The molecule has 3 fully saturated rings. The van der Waals surface area contributed by atoms with E-state index in [1.165, 1.54) is 6.33 Å². The summed E-state index contributed by atoms with van der Waals surface area (Å²) in [6.07, 6.45) is 0.438. The predicted molar refractivity (Wildman–Crippen MR) is 108 cm³/mol. The van der Waals surface area contributed by atoms with Gasteiger partial charge in [-0.15, -0.1) is 0 Å². The number of fused-ring (bicyclic) bond motifs is 1. The fraction of sp³-hybridized carbons (Fsp3) is 0.700. The Bertz CT molecular complexity index is 927. The first kappa shape index (κ1) is 21.0. The third-order valence-corrected chi connectivity index (χ3v) is 6.55. The van der Waals surface area contributed by atoms with Crippen molar-refractivity contribution in [3.63, 3.8) is 0 Å². The maximum atomic E-state index is 13.6. The average molecular weight is 438 g/mol. The number of nitrogen functional groups attached to an aromatic ring is 1. The smallest absolute Gasteiger partial charge is 0.261 e. The number of aliphatic hydroxyl groups excluding tert-OH is 1. The lowest BCUT2D eigenvalue weighted by molar-refractivity contribution is -0.0648. The van der Waals surface area contributed by atoms with E-state index in [0.717, 1.165) is 5.69 Å². The van der Waals surface area contributed by atoms with Gasteiger partial charge in [0.1, 0.15) is 17.9 Å². The van der Waals surface area contributed by atoms with Crippen LogP contribution in [0.5, 0.6) is 0 Å². The zero-order valence-electron chi connectivity index (χ0n) is 17.2. The Balaban J connectivity index is 1.25. The molecule has 2 aromatic heterocycles. The monoisotopic (exact) mass is 438 g/mol. The summed E-state index contributed by atoms with van der Waals surface area (Å²) in [5, 5.41) is 15.0. The largest absolute Gasteiger partial charge is 0.390 e. The minimum absolute atomic E-state index is 0.000769. The third kappa shape index (κ3) is 4.24. The zero-order valence-corrected chi connectivity index (χ0v) is 17.2. The van der Waals surface area contributed by atoms with Crippen molar-refractivity contribution in [2.45, 2.75) is 43.1 Å². The summed E-state index contributed by atoms with van der Waals surface area (Å²) in [5.74, 6) is -2.22. The summed E-state index contributed by atoms with van der Waals surface area (Å²) in [7, 11) is 0. The van der Waals surface area contributed by atoms with Crippen molar-refractivity contribution in [1.82, 2.24) is 24.4 Å². The van der Waals surface area contributed by atoms with E-state index in [4.69, 9.17) is 15.2 Å². The van der Waals surface area contributed by atoms with Gasteiger partial charge in [0, 0.05) is 45.1 Å². The molecule has 0 spiro atoms. The standard InChI is InChI=1S/C20H28F2N6O3/c21-20(22)3-4-26(11-20)8-13-10-30-6-5-27(13)9-18-16(29)7-17(31-18)14-1-2-15-19(23)24-12-25-28(14)15/h1-2,12-13,16-18,29H,3-11H2,(H2,23,24,25)/t13-,16+,17-,18-/m1/s1.